The van der Waals surface area contributed by atoms with Crippen LogP contribution in [0.5, 0.6) is 0 Å². The maximum atomic E-state index is 2.33. The van der Waals surface area contributed by atoms with Gasteiger partial charge in [0, 0.05) is 0 Å². The molecule has 0 aromatic carbocycles. The van der Waals surface area contributed by atoms with Gasteiger partial charge in [-0.25, -0.2) is 0 Å². The van der Waals surface area contributed by atoms with Crippen LogP contribution in [0, 0.1) is 5.92 Å². The second kappa shape index (κ2) is 14.1. The van der Waals surface area contributed by atoms with E-state index in [1.807, 2.05) is 0 Å². The lowest BCUT2D eigenvalue weighted by Gasteiger charge is -2.08. The van der Waals surface area contributed by atoms with Crippen molar-refractivity contribution >= 4 is 0 Å². The van der Waals surface area contributed by atoms with Crippen molar-refractivity contribution < 1.29 is 0 Å². The Balaban J connectivity index is 1.71. The minimum atomic E-state index is 0.710. The molecule has 1 atom stereocenters. The summed E-state index contributed by atoms with van der Waals surface area (Å²) in [6.07, 6.45) is 28.5. The van der Waals surface area contributed by atoms with Crippen molar-refractivity contribution in [3.63, 3.8) is 0 Å². The molecule has 22 heavy (non-hydrogen) atoms. The average Bonchev–Trinajstić information content (AvgIpc) is 2.93. The highest BCUT2D eigenvalue weighted by Gasteiger charge is 2.07. The predicted octanol–water partition coefficient (Wildman–Crippen LogP) is 7.99. The van der Waals surface area contributed by atoms with Crippen LogP contribution in [0.1, 0.15) is 110 Å². The molecular formula is C22H40. The molecule has 1 rings (SSSR count). The maximum Gasteiger partial charge on any atom is -0.00454 e. The third kappa shape index (κ3) is 10.2. The van der Waals surface area contributed by atoms with Gasteiger partial charge in [-0.3, -0.25) is 0 Å². The summed E-state index contributed by atoms with van der Waals surface area (Å²) in [6.45, 7) is 4.61. The van der Waals surface area contributed by atoms with Crippen LogP contribution < -0.4 is 0 Å². The van der Waals surface area contributed by atoms with Gasteiger partial charge in [0.2, 0.25) is 0 Å². The van der Waals surface area contributed by atoms with Crippen LogP contribution >= 0.6 is 0 Å². The largest absolute Gasteiger partial charge is 0.0776 e. The molecule has 0 aliphatic heterocycles. The van der Waals surface area contributed by atoms with Crippen LogP contribution in [0.25, 0.3) is 0 Å². The van der Waals surface area contributed by atoms with E-state index in [0.717, 1.165) is 0 Å². The van der Waals surface area contributed by atoms with E-state index in [1.165, 1.54) is 96.3 Å². The van der Waals surface area contributed by atoms with E-state index < -0.39 is 0 Å². The highest BCUT2D eigenvalue weighted by Crippen LogP contribution is 2.24. The van der Waals surface area contributed by atoms with Gasteiger partial charge >= 0.3 is 0 Å². The van der Waals surface area contributed by atoms with Gasteiger partial charge in [0.1, 0.15) is 0 Å². The van der Waals surface area contributed by atoms with E-state index in [4.69, 9.17) is 0 Å². The standard InChI is InChI=1S/C22H40/c1-3-4-5-6-7-8-9-10-11-12-13-14-15-16-19-22-20-17-18-21(22)2/h17-18,20-21H,3-16,19H2,1-2H3. The Kier molecular flexibility index (Phi) is 12.5. The van der Waals surface area contributed by atoms with Crippen LogP contribution in [-0.2, 0) is 0 Å². The van der Waals surface area contributed by atoms with Gasteiger partial charge in [0.25, 0.3) is 0 Å². The summed E-state index contributed by atoms with van der Waals surface area (Å²) in [5.74, 6) is 0.710. The molecule has 0 saturated heterocycles. The zero-order valence-electron chi connectivity index (χ0n) is 15.4. The fourth-order valence-corrected chi connectivity index (χ4v) is 3.46. The van der Waals surface area contributed by atoms with Crippen molar-refractivity contribution in [2.45, 2.75) is 110 Å². The van der Waals surface area contributed by atoms with E-state index in [1.54, 1.807) is 5.57 Å². The Morgan fingerprint density at radius 1 is 0.682 bits per heavy atom. The third-order valence-electron chi connectivity index (χ3n) is 5.11. The molecule has 0 amide bonds. The predicted molar refractivity (Wildman–Crippen MR) is 101 cm³/mol. The quantitative estimate of drug-likeness (QED) is 0.269. The van der Waals surface area contributed by atoms with E-state index in [2.05, 4.69) is 32.1 Å². The molecule has 0 spiro atoms. The fourth-order valence-electron chi connectivity index (χ4n) is 3.46. The van der Waals surface area contributed by atoms with E-state index in [-0.39, 0.29) is 0 Å². The first-order valence-electron chi connectivity index (χ1n) is 10.2. The van der Waals surface area contributed by atoms with E-state index in [0.29, 0.717) is 5.92 Å². The van der Waals surface area contributed by atoms with Crippen molar-refractivity contribution in [3.05, 3.63) is 23.8 Å². The average molecular weight is 305 g/mol. The molecule has 0 heteroatoms. The Hall–Kier alpha value is -0.520. The highest BCUT2D eigenvalue weighted by atomic mass is 14.1. The van der Waals surface area contributed by atoms with Gasteiger partial charge in [-0.2, -0.15) is 0 Å². The first-order valence-corrected chi connectivity index (χ1v) is 10.2. The molecule has 0 saturated carbocycles. The van der Waals surface area contributed by atoms with Crippen molar-refractivity contribution in [1.29, 1.82) is 0 Å². The summed E-state index contributed by atoms with van der Waals surface area (Å²) < 4.78 is 0. The number of hydrogen-bond donors (Lipinski definition) is 0. The number of rotatable bonds is 15. The van der Waals surface area contributed by atoms with Gasteiger partial charge in [0.15, 0.2) is 0 Å². The summed E-state index contributed by atoms with van der Waals surface area (Å²) >= 11 is 0. The highest BCUT2D eigenvalue weighted by molar-refractivity contribution is 5.26. The van der Waals surface area contributed by atoms with Gasteiger partial charge in [-0.15, -0.1) is 0 Å². The molecule has 0 nitrogen and oxygen atoms in total. The SMILES string of the molecule is CCCCCCCCCCCCCCCCC1=CC=CC1C. The third-order valence-corrected chi connectivity index (χ3v) is 5.11. The summed E-state index contributed by atoms with van der Waals surface area (Å²) in [4.78, 5) is 0. The molecule has 0 heterocycles. The van der Waals surface area contributed by atoms with Gasteiger partial charge < -0.3 is 0 Å². The maximum absolute atomic E-state index is 2.33. The Morgan fingerprint density at radius 2 is 1.14 bits per heavy atom. The minimum absolute atomic E-state index is 0.710. The summed E-state index contributed by atoms with van der Waals surface area (Å²) in [5, 5.41) is 0. The second-order valence-electron chi connectivity index (χ2n) is 7.26. The molecule has 0 aromatic heterocycles. The Morgan fingerprint density at radius 3 is 1.55 bits per heavy atom. The smallest absolute Gasteiger partial charge is 0.00454 e. The monoisotopic (exact) mass is 304 g/mol. The van der Waals surface area contributed by atoms with Crippen molar-refractivity contribution in [1.82, 2.24) is 0 Å². The molecule has 0 aromatic rings. The van der Waals surface area contributed by atoms with Crippen LogP contribution in [0.2, 0.25) is 0 Å². The zero-order valence-corrected chi connectivity index (χ0v) is 15.4. The van der Waals surface area contributed by atoms with Crippen LogP contribution in [0.4, 0.5) is 0 Å². The summed E-state index contributed by atoms with van der Waals surface area (Å²) in [7, 11) is 0. The molecule has 1 unspecified atom stereocenters. The first-order chi connectivity index (χ1) is 10.8. The fraction of sp³-hybridized carbons (Fsp3) is 0.818. The number of allylic oxidation sites excluding steroid dienone is 4. The van der Waals surface area contributed by atoms with Crippen molar-refractivity contribution in [3.8, 4) is 0 Å². The molecular weight excluding hydrogens is 264 g/mol. The molecule has 0 radical (unpaired) electrons. The van der Waals surface area contributed by atoms with Gasteiger partial charge in [-0.05, 0) is 18.8 Å². The van der Waals surface area contributed by atoms with E-state index >= 15 is 0 Å². The first kappa shape index (κ1) is 19.5. The van der Waals surface area contributed by atoms with E-state index in [9.17, 15) is 0 Å². The Labute approximate surface area is 140 Å². The lowest BCUT2D eigenvalue weighted by Crippen LogP contribution is -1.92. The topological polar surface area (TPSA) is 0 Å². The molecule has 1 aliphatic carbocycles. The molecule has 0 bridgehead atoms. The normalized spacial score (nSPS) is 17.2. The van der Waals surface area contributed by atoms with Gasteiger partial charge in [-0.1, -0.05) is 121 Å². The summed E-state index contributed by atoms with van der Waals surface area (Å²) in [6, 6.07) is 0. The second-order valence-corrected chi connectivity index (χ2v) is 7.26. The number of unbranched alkanes of at least 4 members (excludes halogenated alkanes) is 13. The molecule has 1 aliphatic rings. The van der Waals surface area contributed by atoms with Gasteiger partial charge in [0.05, 0.1) is 0 Å². The van der Waals surface area contributed by atoms with Crippen LogP contribution in [-0.4, -0.2) is 0 Å². The minimum Gasteiger partial charge on any atom is -0.0776 e. The Bertz CT molecular complexity index is 297. The van der Waals surface area contributed by atoms with Crippen LogP contribution in [0.3, 0.4) is 0 Å². The lowest BCUT2D eigenvalue weighted by atomic mass is 9.98. The van der Waals surface area contributed by atoms with Crippen molar-refractivity contribution in [2.75, 3.05) is 0 Å². The number of hydrogen-bond acceptors (Lipinski definition) is 0. The lowest BCUT2D eigenvalue weighted by molar-refractivity contribution is 0.534. The summed E-state index contributed by atoms with van der Waals surface area (Å²) in [5.41, 5.74) is 1.65. The van der Waals surface area contributed by atoms with Crippen molar-refractivity contribution in [2.24, 2.45) is 5.92 Å². The van der Waals surface area contributed by atoms with Crippen LogP contribution in [0.15, 0.2) is 23.8 Å². The molecule has 0 N–H and O–H groups in total. The molecule has 0 fully saturated rings. The zero-order chi connectivity index (χ0) is 15.9. The molecule has 128 valence electrons.